The molecular formula is C15H14BN5O. The lowest BCUT2D eigenvalue weighted by molar-refractivity contribution is 0.252. The number of H-pyrrole nitrogens is 1. The van der Waals surface area contributed by atoms with Gasteiger partial charge in [-0.05, 0) is 24.6 Å². The molecule has 7 heteroatoms. The molecule has 0 atom stereocenters. The van der Waals surface area contributed by atoms with Crippen molar-refractivity contribution < 1.29 is 4.79 Å². The number of fused-ring (bicyclic) bond motifs is 1. The SMILES string of the molecule is [B]c1cc(-c2cccnc2)cc2[nH]c(NC(=O)NCC)nc12. The lowest BCUT2D eigenvalue weighted by Gasteiger charge is -2.03. The van der Waals surface area contributed by atoms with E-state index in [1.54, 1.807) is 12.4 Å². The number of imidazole rings is 1. The fraction of sp³-hybridized carbons (Fsp3) is 0.133. The molecule has 0 unspecified atom stereocenters. The van der Waals surface area contributed by atoms with Crippen molar-refractivity contribution in [2.75, 3.05) is 11.9 Å². The maximum atomic E-state index is 11.5. The Morgan fingerprint density at radius 2 is 2.23 bits per heavy atom. The third kappa shape index (κ3) is 2.78. The number of hydrogen-bond donors (Lipinski definition) is 3. The van der Waals surface area contributed by atoms with Gasteiger partial charge in [0.05, 0.1) is 11.0 Å². The number of nitrogens with one attached hydrogen (secondary N) is 3. The highest BCUT2D eigenvalue weighted by Gasteiger charge is 2.10. The van der Waals surface area contributed by atoms with Gasteiger partial charge in [-0.1, -0.05) is 17.6 Å². The fourth-order valence-corrected chi connectivity index (χ4v) is 2.22. The van der Waals surface area contributed by atoms with Gasteiger partial charge >= 0.3 is 6.03 Å². The van der Waals surface area contributed by atoms with Gasteiger partial charge in [0.2, 0.25) is 5.95 Å². The third-order valence-electron chi connectivity index (χ3n) is 3.18. The third-order valence-corrected chi connectivity index (χ3v) is 3.18. The first kappa shape index (κ1) is 14.1. The number of anilines is 1. The van der Waals surface area contributed by atoms with Crippen molar-refractivity contribution in [3.63, 3.8) is 0 Å². The second kappa shape index (κ2) is 5.89. The van der Waals surface area contributed by atoms with Crippen molar-refractivity contribution in [3.8, 4) is 11.1 Å². The van der Waals surface area contributed by atoms with Gasteiger partial charge in [-0.2, -0.15) is 0 Å². The second-order valence-corrected chi connectivity index (χ2v) is 4.77. The monoisotopic (exact) mass is 291 g/mol. The molecule has 0 spiro atoms. The minimum atomic E-state index is -0.312. The van der Waals surface area contributed by atoms with Crippen molar-refractivity contribution in [1.82, 2.24) is 20.3 Å². The summed E-state index contributed by atoms with van der Waals surface area (Å²) < 4.78 is 0. The minimum Gasteiger partial charge on any atom is -0.338 e. The number of nitrogens with zero attached hydrogens (tertiary/aromatic N) is 2. The van der Waals surface area contributed by atoms with Crippen LogP contribution < -0.4 is 16.1 Å². The Kier molecular flexibility index (Phi) is 3.78. The first-order chi connectivity index (χ1) is 10.7. The zero-order valence-electron chi connectivity index (χ0n) is 12.1. The number of hydrogen-bond acceptors (Lipinski definition) is 3. The van der Waals surface area contributed by atoms with Crippen LogP contribution in [0, 0.1) is 0 Å². The molecule has 0 bridgehead atoms. The summed E-state index contributed by atoms with van der Waals surface area (Å²) in [6.07, 6.45) is 3.49. The molecule has 0 fully saturated rings. The van der Waals surface area contributed by atoms with E-state index < -0.39 is 0 Å². The average Bonchev–Trinajstić information content (AvgIpc) is 2.91. The quantitative estimate of drug-likeness (QED) is 0.640. The van der Waals surface area contributed by atoms with Gasteiger partial charge < -0.3 is 10.3 Å². The van der Waals surface area contributed by atoms with Crippen molar-refractivity contribution in [2.45, 2.75) is 6.92 Å². The number of carbonyl (C=O) groups excluding carboxylic acids is 1. The molecule has 0 aliphatic carbocycles. The molecule has 2 heterocycles. The normalized spacial score (nSPS) is 10.6. The van der Waals surface area contributed by atoms with Crippen LogP contribution in [0.1, 0.15) is 6.92 Å². The molecule has 2 radical (unpaired) electrons. The number of benzene rings is 1. The summed E-state index contributed by atoms with van der Waals surface area (Å²) in [5.74, 6) is 0.357. The highest BCUT2D eigenvalue weighted by Crippen LogP contribution is 2.22. The maximum absolute atomic E-state index is 11.5. The van der Waals surface area contributed by atoms with Gasteiger partial charge in [0, 0.05) is 24.5 Å². The summed E-state index contributed by atoms with van der Waals surface area (Å²) in [5, 5.41) is 5.27. The van der Waals surface area contributed by atoms with Crippen LogP contribution in [0.15, 0.2) is 36.7 Å². The van der Waals surface area contributed by atoms with E-state index in [0.29, 0.717) is 23.5 Å². The van der Waals surface area contributed by atoms with Crippen LogP contribution in [0.3, 0.4) is 0 Å². The van der Waals surface area contributed by atoms with Crippen molar-refractivity contribution in [2.24, 2.45) is 0 Å². The number of pyridine rings is 1. The Bertz CT molecular complexity index is 815. The molecule has 0 saturated carbocycles. The smallest absolute Gasteiger partial charge is 0.321 e. The van der Waals surface area contributed by atoms with E-state index in [0.717, 1.165) is 16.6 Å². The molecule has 3 rings (SSSR count). The highest BCUT2D eigenvalue weighted by molar-refractivity contribution is 6.38. The molecule has 6 nitrogen and oxygen atoms in total. The number of amides is 2. The summed E-state index contributed by atoms with van der Waals surface area (Å²) in [6, 6.07) is 7.28. The average molecular weight is 291 g/mol. The van der Waals surface area contributed by atoms with Gasteiger partial charge in [0.25, 0.3) is 0 Å². The number of carbonyl (C=O) groups is 1. The molecule has 108 valence electrons. The highest BCUT2D eigenvalue weighted by atomic mass is 16.2. The zero-order chi connectivity index (χ0) is 15.5. The molecule has 22 heavy (non-hydrogen) atoms. The van der Waals surface area contributed by atoms with Crippen LogP contribution in [0.25, 0.3) is 22.2 Å². The number of aromatic amines is 1. The standard InChI is InChI=1S/C15H14BN5O/c1-2-18-15(22)21-14-19-12-7-10(6-11(16)13(12)20-14)9-4-3-5-17-8-9/h3-8H,2H2,1H3,(H3,18,19,20,21,22). The molecule has 3 aromatic rings. The summed E-state index contributed by atoms with van der Waals surface area (Å²) in [6.45, 7) is 2.38. The van der Waals surface area contributed by atoms with E-state index in [1.165, 1.54) is 0 Å². The van der Waals surface area contributed by atoms with E-state index >= 15 is 0 Å². The summed E-state index contributed by atoms with van der Waals surface area (Å²) >= 11 is 0. The fourth-order valence-electron chi connectivity index (χ4n) is 2.22. The Morgan fingerprint density at radius 1 is 1.36 bits per heavy atom. The lowest BCUT2D eigenvalue weighted by Crippen LogP contribution is -2.28. The second-order valence-electron chi connectivity index (χ2n) is 4.77. The molecule has 0 aliphatic heterocycles. The van der Waals surface area contributed by atoms with E-state index in [2.05, 4.69) is 25.6 Å². The first-order valence-electron chi connectivity index (χ1n) is 6.92. The van der Waals surface area contributed by atoms with Crippen LogP contribution in [-0.2, 0) is 0 Å². The van der Waals surface area contributed by atoms with Crippen LogP contribution in [0.4, 0.5) is 10.7 Å². The van der Waals surface area contributed by atoms with Crippen molar-refractivity contribution >= 4 is 36.3 Å². The van der Waals surface area contributed by atoms with Crippen molar-refractivity contribution in [1.29, 1.82) is 0 Å². The Balaban J connectivity index is 1.98. The van der Waals surface area contributed by atoms with Gasteiger partial charge in [-0.15, -0.1) is 0 Å². The minimum absolute atomic E-state index is 0.312. The van der Waals surface area contributed by atoms with E-state index in [4.69, 9.17) is 7.85 Å². The van der Waals surface area contributed by atoms with Crippen LogP contribution in [0.2, 0.25) is 0 Å². The van der Waals surface area contributed by atoms with E-state index in [-0.39, 0.29) is 6.03 Å². The molecule has 0 aliphatic rings. The van der Waals surface area contributed by atoms with E-state index in [9.17, 15) is 4.79 Å². The van der Waals surface area contributed by atoms with Gasteiger partial charge in [-0.25, -0.2) is 9.78 Å². The molecular weight excluding hydrogens is 277 g/mol. The Labute approximate surface area is 128 Å². The molecule has 3 N–H and O–H groups in total. The van der Waals surface area contributed by atoms with Crippen LogP contribution in [-0.4, -0.2) is 35.4 Å². The predicted octanol–water partition coefficient (Wildman–Crippen LogP) is 1.56. The molecule has 1 aromatic carbocycles. The van der Waals surface area contributed by atoms with E-state index in [1.807, 2.05) is 31.2 Å². The maximum Gasteiger partial charge on any atom is 0.321 e. The molecule has 2 aromatic heterocycles. The summed E-state index contributed by atoms with van der Waals surface area (Å²) in [4.78, 5) is 23.0. The molecule has 0 saturated heterocycles. The summed E-state index contributed by atoms with van der Waals surface area (Å²) in [7, 11) is 6.07. The van der Waals surface area contributed by atoms with Crippen molar-refractivity contribution in [3.05, 3.63) is 36.7 Å². The Hall–Kier alpha value is -2.83. The predicted molar refractivity (Wildman–Crippen MR) is 87.4 cm³/mol. The topological polar surface area (TPSA) is 82.7 Å². The van der Waals surface area contributed by atoms with Gasteiger partial charge in [0.15, 0.2) is 0 Å². The van der Waals surface area contributed by atoms with Gasteiger partial charge in [-0.3, -0.25) is 10.3 Å². The number of aromatic nitrogens is 3. The zero-order valence-corrected chi connectivity index (χ0v) is 12.1. The number of urea groups is 1. The lowest BCUT2D eigenvalue weighted by atomic mass is 9.91. The van der Waals surface area contributed by atoms with Gasteiger partial charge in [0.1, 0.15) is 7.85 Å². The van der Waals surface area contributed by atoms with Crippen LogP contribution in [0.5, 0.6) is 0 Å². The largest absolute Gasteiger partial charge is 0.338 e. The summed E-state index contributed by atoms with van der Waals surface area (Å²) in [5.41, 5.74) is 3.82. The molecule has 2 amide bonds. The number of rotatable bonds is 3. The first-order valence-corrected chi connectivity index (χ1v) is 6.92. The van der Waals surface area contributed by atoms with Crippen LogP contribution >= 0.6 is 0 Å². The Morgan fingerprint density at radius 3 is 2.95 bits per heavy atom.